The Morgan fingerprint density at radius 3 is 2.56 bits per heavy atom. The number of amides is 1. The smallest absolute Gasteiger partial charge is 0.407 e. The Hall–Kier alpha value is -0.770. The van der Waals surface area contributed by atoms with E-state index in [0.717, 1.165) is 25.7 Å². The van der Waals surface area contributed by atoms with Gasteiger partial charge < -0.3 is 15.8 Å². The van der Waals surface area contributed by atoms with Crippen molar-refractivity contribution in [2.75, 3.05) is 0 Å². The molecule has 3 N–H and O–H groups in total. The molecule has 2 rings (SSSR count). The molecule has 2 saturated carbocycles. The predicted octanol–water partition coefficient (Wildman–Crippen LogP) is 2.56. The lowest BCUT2D eigenvalue weighted by Gasteiger charge is -2.51. The van der Waals surface area contributed by atoms with Crippen molar-refractivity contribution in [3.8, 4) is 0 Å². The zero-order valence-corrected chi connectivity index (χ0v) is 11.8. The van der Waals surface area contributed by atoms with Crippen molar-refractivity contribution in [1.29, 1.82) is 0 Å². The van der Waals surface area contributed by atoms with Gasteiger partial charge in [0, 0.05) is 12.1 Å². The predicted molar refractivity (Wildman–Crippen MR) is 71.3 cm³/mol. The first kappa shape index (κ1) is 13.7. The average Bonchev–Trinajstić information content (AvgIpc) is 2.12. The van der Waals surface area contributed by atoms with Crippen LogP contribution in [-0.2, 0) is 4.74 Å². The quantitative estimate of drug-likeness (QED) is 0.756. The van der Waals surface area contributed by atoms with E-state index >= 15 is 0 Å². The molecule has 0 aromatic carbocycles. The molecule has 2 aliphatic rings. The van der Waals surface area contributed by atoms with Crippen molar-refractivity contribution in [1.82, 2.24) is 5.32 Å². The van der Waals surface area contributed by atoms with E-state index in [0.29, 0.717) is 11.5 Å². The van der Waals surface area contributed by atoms with E-state index in [2.05, 4.69) is 5.32 Å². The van der Waals surface area contributed by atoms with Gasteiger partial charge in [0.05, 0.1) is 0 Å². The zero-order chi connectivity index (χ0) is 13.4. The molecule has 0 saturated heterocycles. The Kier molecular flexibility index (Phi) is 3.58. The van der Waals surface area contributed by atoms with Crippen molar-refractivity contribution in [3.05, 3.63) is 0 Å². The summed E-state index contributed by atoms with van der Waals surface area (Å²) in [6.45, 7) is 5.67. The van der Waals surface area contributed by atoms with E-state index in [1.165, 1.54) is 12.8 Å². The van der Waals surface area contributed by atoms with Crippen LogP contribution in [0.1, 0.15) is 59.3 Å². The minimum absolute atomic E-state index is 0.265. The van der Waals surface area contributed by atoms with E-state index in [1.807, 2.05) is 20.8 Å². The van der Waals surface area contributed by atoms with Gasteiger partial charge in [-0.25, -0.2) is 4.79 Å². The van der Waals surface area contributed by atoms with Crippen LogP contribution in [0.3, 0.4) is 0 Å². The summed E-state index contributed by atoms with van der Waals surface area (Å²) in [6, 6.07) is 0.645. The minimum atomic E-state index is -0.421. The third-order valence-corrected chi connectivity index (χ3v) is 4.05. The molecule has 2 aliphatic carbocycles. The first-order valence-electron chi connectivity index (χ1n) is 7.03. The summed E-state index contributed by atoms with van der Waals surface area (Å²) < 4.78 is 5.31. The van der Waals surface area contributed by atoms with Gasteiger partial charge in [-0.2, -0.15) is 0 Å². The molecule has 1 atom stereocenters. The Labute approximate surface area is 110 Å². The van der Waals surface area contributed by atoms with E-state index in [9.17, 15) is 4.79 Å². The summed E-state index contributed by atoms with van der Waals surface area (Å²) in [6.07, 6.45) is 6.56. The Bertz CT molecular complexity index is 311. The van der Waals surface area contributed by atoms with Crippen LogP contribution in [0.2, 0.25) is 0 Å². The molecule has 0 bridgehead atoms. The molecule has 4 nitrogen and oxygen atoms in total. The van der Waals surface area contributed by atoms with Crippen molar-refractivity contribution < 1.29 is 9.53 Å². The maximum Gasteiger partial charge on any atom is 0.407 e. The minimum Gasteiger partial charge on any atom is -0.444 e. The van der Waals surface area contributed by atoms with E-state index in [1.54, 1.807) is 0 Å². The van der Waals surface area contributed by atoms with E-state index < -0.39 is 5.60 Å². The van der Waals surface area contributed by atoms with Crippen LogP contribution in [-0.4, -0.2) is 23.8 Å². The monoisotopic (exact) mass is 254 g/mol. The van der Waals surface area contributed by atoms with Crippen molar-refractivity contribution >= 4 is 6.09 Å². The SMILES string of the molecule is CC(C)(C)OC(=O)NC1CCCC2(CC(N)C2)C1. The van der Waals surface area contributed by atoms with Crippen LogP contribution in [0.15, 0.2) is 0 Å². The molecular weight excluding hydrogens is 228 g/mol. The highest BCUT2D eigenvalue weighted by molar-refractivity contribution is 5.68. The number of carbonyl (C=O) groups is 1. The van der Waals surface area contributed by atoms with Gasteiger partial charge in [-0.3, -0.25) is 0 Å². The van der Waals surface area contributed by atoms with Gasteiger partial charge in [-0.15, -0.1) is 0 Å². The van der Waals surface area contributed by atoms with Crippen molar-refractivity contribution in [2.24, 2.45) is 11.1 Å². The lowest BCUT2D eigenvalue weighted by molar-refractivity contribution is 0.0252. The summed E-state index contributed by atoms with van der Waals surface area (Å²) in [4.78, 5) is 11.8. The standard InChI is InChI=1S/C14H26N2O2/c1-13(2,3)18-12(17)16-11-5-4-6-14(9-11)7-10(15)8-14/h10-11H,4-9,15H2,1-3H3,(H,16,17). The molecule has 1 unspecified atom stereocenters. The third-order valence-electron chi connectivity index (χ3n) is 4.05. The fourth-order valence-electron chi connectivity index (χ4n) is 3.47. The molecular formula is C14H26N2O2. The van der Waals surface area contributed by atoms with Crippen LogP contribution in [0.4, 0.5) is 4.79 Å². The molecule has 2 fully saturated rings. The fourth-order valence-corrected chi connectivity index (χ4v) is 3.47. The molecule has 0 aromatic heterocycles. The van der Waals surface area contributed by atoms with Gasteiger partial charge in [-0.05, 0) is 58.3 Å². The Morgan fingerprint density at radius 2 is 2.00 bits per heavy atom. The fraction of sp³-hybridized carbons (Fsp3) is 0.929. The normalized spacial score (nSPS) is 36.0. The Morgan fingerprint density at radius 1 is 1.33 bits per heavy atom. The second kappa shape index (κ2) is 4.72. The highest BCUT2D eigenvalue weighted by Gasteiger charge is 2.45. The number of nitrogens with two attached hydrogens (primary N) is 1. The first-order chi connectivity index (χ1) is 8.28. The molecule has 1 amide bonds. The van der Waals surface area contributed by atoms with E-state index in [4.69, 9.17) is 10.5 Å². The maximum absolute atomic E-state index is 11.8. The number of hydrogen-bond acceptors (Lipinski definition) is 3. The number of hydrogen-bond donors (Lipinski definition) is 2. The third kappa shape index (κ3) is 3.37. The van der Waals surface area contributed by atoms with Gasteiger partial charge in [-0.1, -0.05) is 6.42 Å². The van der Waals surface area contributed by atoms with Gasteiger partial charge >= 0.3 is 6.09 Å². The average molecular weight is 254 g/mol. The molecule has 0 aromatic rings. The molecule has 4 heteroatoms. The molecule has 104 valence electrons. The second-order valence-corrected chi connectivity index (χ2v) is 7.11. The van der Waals surface area contributed by atoms with Crippen LogP contribution in [0.5, 0.6) is 0 Å². The maximum atomic E-state index is 11.8. The molecule has 0 radical (unpaired) electrons. The number of rotatable bonds is 1. The van der Waals surface area contributed by atoms with Crippen LogP contribution in [0, 0.1) is 5.41 Å². The van der Waals surface area contributed by atoms with Gasteiger partial charge in [0.15, 0.2) is 0 Å². The second-order valence-electron chi connectivity index (χ2n) is 7.11. The lowest BCUT2D eigenvalue weighted by Crippen LogP contribution is -2.52. The topological polar surface area (TPSA) is 64.3 Å². The van der Waals surface area contributed by atoms with Crippen molar-refractivity contribution in [2.45, 2.75) is 77.0 Å². The van der Waals surface area contributed by atoms with Gasteiger partial charge in [0.25, 0.3) is 0 Å². The van der Waals surface area contributed by atoms with E-state index in [-0.39, 0.29) is 12.1 Å². The van der Waals surface area contributed by atoms with Crippen LogP contribution in [0.25, 0.3) is 0 Å². The molecule has 18 heavy (non-hydrogen) atoms. The molecule has 1 spiro atoms. The zero-order valence-electron chi connectivity index (χ0n) is 11.8. The number of carbonyl (C=O) groups excluding carboxylic acids is 1. The van der Waals surface area contributed by atoms with Gasteiger partial charge in [0.2, 0.25) is 0 Å². The summed E-state index contributed by atoms with van der Waals surface area (Å²) in [5, 5.41) is 3.01. The molecule has 0 heterocycles. The summed E-state index contributed by atoms with van der Waals surface area (Å²) >= 11 is 0. The largest absolute Gasteiger partial charge is 0.444 e. The van der Waals surface area contributed by atoms with Crippen molar-refractivity contribution in [3.63, 3.8) is 0 Å². The summed E-state index contributed by atoms with van der Waals surface area (Å²) in [5.74, 6) is 0. The number of nitrogens with one attached hydrogen (secondary N) is 1. The highest BCUT2D eigenvalue weighted by atomic mass is 16.6. The van der Waals surface area contributed by atoms with Crippen LogP contribution >= 0.6 is 0 Å². The van der Waals surface area contributed by atoms with Crippen LogP contribution < -0.4 is 11.1 Å². The highest BCUT2D eigenvalue weighted by Crippen LogP contribution is 2.50. The summed E-state index contributed by atoms with van der Waals surface area (Å²) in [7, 11) is 0. The Balaban J connectivity index is 1.81. The summed E-state index contributed by atoms with van der Waals surface area (Å²) in [5.41, 5.74) is 5.89. The lowest BCUT2D eigenvalue weighted by atomic mass is 9.57. The molecule has 0 aliphatic heterocycles. The van der Waals surface area contributed by atoms with Gasteiger partial charge in [0.1, 0.15) is 5.60 Å². The first-order valence-corrected chi connectivity index (χ1v) is 7.03. The number of ether oxygens (including phenoxy) is 1. The number of alkyl carbamates (subject to hydrolysis) is 1.